The van der Waals surface area contributed by atoms with Gasteiger partial charge < -0.3 is 14.8 Å². The Morgan fingerprint density at radius 2 is 1.96 bits per heavy atom. The zero-order chi connectivity index (χ0) is 17.8. The largest absolute Gasteiger partial charge is 0.367 e. The molecule has 1 N–H and O–H groups in total. The number of carbonyl (C=O) groups excluding carboxylic acids is 1. The number of ether oxygens (including phenoxy) is 2. The first-order valence-corrected chi connectivity index (χ1v) is 9.68. The third-order valence-electron chi connectivity index (χ3n) is 6.63. The summed E-state index contributed by atoms with van der Waals surface area (Å²) in [7, 11) is 0. The van der Waals surface area contributed by atoms with Gasteiger partial charge in [-0.25, -0.2) is 0 Å². The summed E-state index contributed by atoms with van der Waals surface area (Å²) in [5.74, 6) is 1.11. The Morgan fingerprint density at radius 1 is 1.29 bits per heavy atom. The topological polar surface area (TPSA) is 54.2 Å². The number of epoxide rings is 2. The molecular formula is C20H35NO3. The molecule has 3 aliphatic rings. The molecular weight excluding hydrogens is 302 g/mol. The number of hydrogen-bond acceptors (Lipinski definition) is 3. The molecule has 2 heterocycles. The van der Waals surface area contributed by atoms with E-state index in [2.05, 4.69) is 46.9 Å². The van der Waals surface area contributed by atoms with Crippen LogP contribution in [0.4, 0.5) is 0 Å². The molecule has 0 radical (unpaired) electrons. The van der Waals surface area contributed by atoms with E-state index in [0.29, 0.717) is 30.5 Å². The van der Waals surface area contributed by atoms with Crippen LogP contribution in [-0.2, 0) is 14.3 Å². The van der Waals surface area contributed by atoms with Crippen molar-refractivity contribution in [1.82, 2.24) is 5.32 Å². The lowest BCUT2D eigenvalue weighted by molar-refractivity contribution is -0.124. The van der Waals surface area contributed by atoms with Gasteiger partial charge in [0.2, 0.25) is 5.91 Å². The lowest BCUT2D eigenvalue weighted by atomic mass is 9.73. The van der Waals surface area contributed by atoms with Gasteiger partial charge in [-0.3, -0.25) is 4.79 Å². The van der Waals surface area contributed by atoms with E-state index in [1.165, 1.54) is 0 Å². The minimum absolute atomic E-state index is 0.0599. The summed E-state index contributed by atoms with van der Waals surface area (Å²) in [6.45, 7) is 13.0. The summed E-state index contributed by atoms with van der Waals surface area (Å²) in [4.78, 5) is 12.5. The summed E-state index contributed by atoms with van der Waals surface area (Å²) in [6.07, 6.45) is 6.86. The van der Waals surface area contributed by atoms with Gasteiger partial charge in [-0.15, -0.1) is 0 Å². The lowest BCUT2D eigenvalue weighted by Crippen LogP contribution is -2.51. The zero-order valence-electron chi connectivity index (χ0n) is 16.3. The molecule has 2 saturated heterocycles. The highest BCUT2D eigenvalue weighted by molar-refractivity contribution is 5.77. The Kier molecular flexibility index (Phi) is 4.53. The fourth-order valence-electron chi connectivity index (χ4n) is 4.41. The van der Waals surface area contributed by atoms with Crippen LogP contribution in [0.15, 0.2) is 0 Å². The van der Waals surface area contributed by atoms with Gasteiger partial charge in [-0.2, -0.15) is 0 Å². The van der Waals surface area contributed by atoms with E-state index < -0.39 is 0 Å². The van der Waals surface area contributed by atoms with Crippen molar-refractivity contribution in [2.75, 3.05) is 0 Å². The second kappa shape index (κ2) is 5.98. The van der Waals surface area contributed by atoms with Crippen LogP contribution < -0.4 is 5.32 Å². The van der Waals surface area contributed by atoms with Gasteiger partial charge in [0, 0.05) is 12.0 Å². The Hall–Kier alpha value is -0.610. The van der Waals surface area contributed by atoms with Crippen molar-refractivity contribution in [2.45, 2.75) is 109 Å². The number of amides is 1. The molecule has 1 amide bonds. The van der Waals surface area contributed by atoms with E-state index in [1.807, 2.05) is 0 Å². The molecule has 4 nitrogen and oxygen atoms in total. The lowest BCUT2D eigenvalue weighted by Gasteiger charge is -2.38. The van der Waals surface area contributed by atoms with Crippen molar-refractivity contribution in [1.29, 1.82) is 0 Å². The van der Waals surface area contributed by atoms with Gasteiger partial charge in [-0.1, -0.05) is 6.92 Å². The van der Waals surface area contributed by atoms with Gasteiger partial charge in [0.25, 0.3) is 0 Å². The third kappa shape index (κ3) is 3.96. The van der Waals surface area contributed by atoms with Crippen molar-refractivity contribution in [3.8, 4) is 0 Å². The van der Waals surface area contributed by atoms with Crippen molar-refractivity contribution in [2.24, 2.45) is 11.8 Å². The van der Waals surface area contributed by atoms with Crippen LogP contribution in [0.25, 0.3) is 0 Å². The smallest absolute Gasteiger partial charge is 0.220 e. The molecule has 0 bridgehead atoms. The standard InChI is InChI=1S/C20H35NO3/c1-13(7-8-15-19(4,5)23-15)11-17(22)21-18(2,3)14-9-10-20(6)16(12-14)24-20/h13-16H,7-12H2,1-6H3,(H,21,22). The van der Waals surface area contributed by atoms with Crippen LogP contribution in [0.2, 0.25) is 0 Å². The van der Waals surface area contributed by atoms with E-state index >= 15 is 0 Å². The maximum atomic E-state index is 12.5. The highest BCUT2D eigenvalue weighted by Crippen LogP contribution is 2.51. The highest BCUT2D eigenvalue weighted by atomic mass is 16.6. The van der Waals surface area contributed by atoms with Gasteiger partial charge in [-0.05, 0) is 78.6 Å². The predicted molar refractivity (Wildman–Crippen MR) is 94.8 cm³/mol. The summed E-state index contributed by atoms with van der Waals surface area (Å²) in [6, 6.07) is 0. The quantitative estimate of drug-likeness (QED) is 0.719. The molecule has 0 aromatic carbocycles. The SMILES string of the molecule is CC(CCC1OC1(C)C)CC(=O)NC(C)(C)C1CCC2(C)OC2C1. The number of fused-ring (bicyclic) bond motifs is 1. The van der Waals surface area contributed by atoms with Crippen LogP contribution in [0.1, 0.15) is 80.1 Å². The molecule has 3 fully saturated rings. The van der Waals surface area contributed by atoms with E-state index in [9.17, 15) is 4.79 Å². The second-order valence-corrected chi connectivity index (χ2v) is 9.76. The fraction of sp³-hybridized carbons (Fsp3) is 0.950. The average molecular weight is 338 g/mol. The van der Waals surface area contributed by atoms with Crippen LogP contribution in [0.3, 0.4) is 0 Å². The van der Waals surface area contributed by atoms with Gasteiger partial charge in [0.15, 0.2) is 0 Å². The minimum Gasteiger partial charge on any atom is -0.367 e. The Balaban J connectivity index is 1.40. The van der Waals surface area contributed by atoms with Crippen molar-refractivity contribution < 1.29 is 14.3 Å². The number of hydrogen-bond donors (Lipinski definition) is 1. The monoisotopic (exact) mass is 337 g/mol. The highest BCUT2D eigenvalue weighted by Gasteiger charge is 2.57. The minimum atomic E-state index is -0.147. The molecule has 4 heteroatoms. The van der Waals surface area contributed by atoms with E-state index in [0.717, 1.165) is 32.1 Å². The number of carbonyl (C=O) groups is 1. The molecule has 1 aliphatic carbocycles. The molecule has 3 rings (SSSR count). The summed E-state index contributed by atoms with van der Waals surface area (Å²) in [5, 5.41) is 3.30. The van der Waals surface area contributed by atoms with E-state index in [4.69, 9.17) is 9.47 Å². The predicted octanol–water partition coefficient (Wildman–Crippen LogP) is 3.82. The Morgan fingerprint density at radius 3 is 2.54 bits per heavy atom. The molecule has 0 spiro atoms. The molecule has 0 aromatic heterocycles. The molecule has 5 unspecified atom stereocenters. The third-order valence-corrected chi connectivity index (χ3v) is 6.63. The first-order valence-electron chi connectivity index (χ1n) is 9.68. The van der Waals surface area contributed by atoms with E-state index in [1.54, 1.807) is 0 Å². The summed E-state index contributed by atoms with van der Waals surface area (Å²) < 4.78 is 11.4. The number of nitrogens with one attached hydrogen (secondary N) is 1. The summed E-state index contributed by atoms with van der Waals surface area (Å²) >= 11 is 0. The molecule has 5 atom stereocenters. The molecule has 1 saturated carbocycles. The maximum absolute atomic E-state index is 12.5. The fourth-order valence-corrected chi connectivity index (χ4v) is 4.41. The van der Waals surface area contributed by atoms with Crippen molar-refractivity contribution in [3.63, 3.8) is 0 Å². The molecule has 138 valence electrons. The Labute approximate surface area is 147 Å². The van der Waals surface area contributed by atoms with Crippen molar-refractivity contribution in [3.05, 3.63) is 0 Å². The van der Waals surface area contributed by atoms with Crippen LogP contribution >= 0.6 is 0 Å². The molecule has 2 aliphatic heterocycles. The van der Waals surface area contributed by atoms with Gasteiger partial charge in [0.05, 0.1) is 23.4 Å². The summed E-state index contributed by atoms with van der Waals surface area (Å²) in [5.41, 5.74) is 0.0553. The first-order chi connectivity index (χ1) is 11.0. The van der Waals surface area contributed by atoms with Crippen molar-refractivity contribution >= 4 is 5.91 Å². The first kappa shape index (κ1) is 18.2. The average Bonchev–Trinajstić information content (AvgIpc) is 3.29. The maximum Gasteiger partial charge on any atom is 0.220 e. The molecule has 24 heavy (non-hydrogen) atoms. The second-order valence-electron chi connectivity index (χ2n) is 9.76. The normalized spacial score (nSPS) is 38.2. The number of rotatable bonds is 7. The zero-order valence-corrected chi connectivity index (χ0v) is 16.3. The molecule has 0 aromatic rings. The van der Waals surface area contributed by atoms with Gasteiger partial charge in [0.1, 0.15) is 0 Å². The van der Waals surface area contributed by atoms with E-state index in [-0.39, 0.29) is 22.6 Å². The van der Waals surface area contributed by atoms with Crippen LogP contribution in [-0.4, -0.2) is 34.9 Å². The van der Waals surface area contributed by atoms with Gasteiger partial charge >= 0.3 is 0 Å². The Bertz CT molecular complexity index is 501. The van der Waals surface area contributed by atoms with Crippen LogP contribution in [0, 0.1) is 11.8 Å². The van der Waals surface area contributed by atoms with Crippen LogP contribution in [0.5, 0.6) is 0 Å².